The van der Waals surface area contributed by atoms with Gasteiger partial charge in [-0.05, 0) is 29.8 Å². The molecule has 0 N–H and O–H groups in total. The second-order valence-corrected chi connectivity index (χ2v) is 4.54. The van der Waals surface area contributed by atoms with Crippen LogP contribution in [0.4, 0.5) is 4.39 Å². The van der Waals surface area contributed by atoms with Crippen LogP contribution in [0.1, 0.15) is 16.1 Å². The van der Waals surface area contributed by atoms with E-state index in [1.807, 2.05) is 0 Å². The minimum atomic E-state index is -0.430. The van der Waals surface area contributed by atoms with Gasteiger partial charge in [0.25, 0.3) is 0 Å². The number of pyridine rings is 1. The molecule has 0 bridgehead atoms. The molecule has 0 aliphatic carbocycles. The standard InChI is InChI=1S/C13H8Cl2FNO/c14-9-2-4-12(17-7-9)13(18)5-8-1-3-10(16)6-11(8)15/h1-4,6-7H,5H2. The average molecular weight is 284 g/mol. The fourth-order valence-corrected chi connectivity index (χ4v) is 1.82. The number of carbonyl (C=O) groups excluding carboxylic acids is 1. The van der Waals surface area contributed by atoms with Gasteiger partial charge in [-0.15, -0.1) is 0 Å². The van der Waals surface area contributed by atoms with Gasteiger partial charge in [0.05, 0.1) is 5.02 Å². The summed E-state index contributed by atoms with van der Waals surface area (Å²) in [4.78, 5) is 15.8. The van der Waals surface area contributed by atoms with Gasteiger partial charge < -0.3 is 0 Å². The Labute approximate surface area is 113 Å². The number of hydrogen-bond acceptors (Lipinski definition) is 2. The number of benzene rings is 1. The van der Waals surface area contributed by atoms with Gasteiger partial charge in [-0.2, -0.15) is 0 Å². The quantitative estimate of drug-likeness (QED) is 0.799. The van der Waals surface area contributed by atoms with Gasteiger partial charge in [-0.3, -0.25) is 9.78 Å². The van der Waals surface area contributed by atoms with Gasteiger partial charge in [0.2, 0.25) is 0 Å². The molecule has 1 heterocycles. The Bertz CT molecular complexity index is 584. The maximum Gasteiger partial charge on any atom is 0.185 e. The Morgan fingerprint density at radius 1 is 1.22 bits per heavy atom. The summed E-state index contributed by atoms with van der Waals surface area (Å²) >= 11 is 11.5. The zero-order valence-corrected chi connectivity index (χ0v) is 10.7. The van der Waals surface area contributed by atoms with Crippen molar-refractivity contribution in [3.63, 3.8) is 0 Å². The minimum Gasteiger partial charge on any atom is -0.292 e. The summed E-state index contributed by atoms with van der Waals surface area (Å²) in [6.07, 6.45) is 1.48. The number of rotatable bonds is 3. The van der Waals surface area contributed by atoms with Crippen molar-refractivity contribution in [2.45, 2.75) is 6.42 Å². The Morgan fingerprint density at radius 2 is 2.00 bits per heavy atom. The van der Waals surface area contributed by atoms with Crippen molar-refractivity contribution in [1.29, 1.82) is 0 Å². The topological polar surface area (TPSA) is 30.0 Å². The number of aromatic nitrogens is 1. The smallest absolute Gasteiger partial charge is 0.185 e. The summed E-state index contributed by atoms with van der Waals surface area (Å²) in [7, 11) is 0. The highest BCUT2D eigenvalue weighted by Gasteiger charge is 2.11. The number of carbonyl (C=O) groups is 1. The summed E-state index contributed by atoms with van der Waals surface area (Å²) in [5.41, 5.74) is 0.875. The van der Waals surface area contributed by atoms with Crippen molar-refractivity contribution in [2.24, 2.45) is 0 Å². The van der Waals surface area contributed by atoms with Crippen molar-refractivity contribution in [1.82, 2.24) is 4.98 Å². The highest BCUT2D eigenvalue weighted by Crippen LogP contribution is 2.19. The van der Waals surface area contributed by atoms with Crippen molar-refractivity contribution in [2.75, 3.05) is 0 Å². The highest BCUT2D eigenvalue weighted by atomic mass is 35.5. The van der Waals surface area contributed by atoms with Crippen LogP contribution in [-0.2, 0) is 6.42 Å². The lowest BCUT2D eigenvalue weighted by atomic mass is 10.1. The van der Waals surface area contributed by atoms with Crippen LogP contribution in [-0.4, -0.2) is 10.8 Å². The zero-order valence-electron chi connectivity index (χ0n) is 9.16. The van der Waals surface area contributed by atoms with Crippen LogP contribution in [0.5, 0.6) is 0 Å². The van der Waals surface area contributed by atoms with Crippen LogP contribution < -0.4 is 0 Å². The molecule has 0 unspecified atom stereocenters. The third-order valence-corrected chi connectivity index (χ3v) is 2.95. The summed E-state index contributed by atoms with van der Waals surface area (Å²) in [5.74, 6) is -0.624. The first-order valence-electron chi connectivity index (χ1n) is 5.15. The summed E-state index contributed by atoms with van der Waals surface area (Å²) in [6.45, 7) is 0. The maximum atomic E-state index is 12.9. The molecule has 2 nitrogen and oxygen atoms in total. The summed E-state index contributed by atoms with van der Waals surface area (Å²) in [6, 6.07) is 7.07. The lowest BCUT2D eigenvalue weighted by Crippen LogP contribution is -2.06. The third-order valence-electron chi connectivity index (χ3n) is 2.38. The molecule has 2 rings (SSSR count). The SMILES string of the molecule is O=C(Cc1ccc(F)cc1Cl)c1ccc(Cl)cn1. The summed E-state index contributed by atoms with van der Waals surface area (Å²) < 4.78 is 12.9. The molecule has 0 amide bonds. The Hall–Kier alpha value is -1.45. The largest absolute Gasteiger partial charge is 0.292 e. The van der Waals surface area contributed by atoms with E-state index in [1.165, 1.54) is 24.4 Å². The van der Waals surface area contributed by atoms with Gasteiger partial charge in [0.15, 0.2) is 5.78 Å². The Morgan fingerprint density at radius 3 is 2.61 bits per heavy atom. The lowest BCUT2D eigenvalue weighted by Gasteiger charge is -2.03. The zero-order chi connectivity index (χ0) is 13.1. The monoisotopic (exact) mass is 283 g/mol. The average Bonchev–Trinajstić information content (AvgIpc) is 2.33. The van der Waals surface area contributed by atoms with Crippen molar-refractivity contribution < 1.29 is 9.18 Å². The second-order valence-electron chi connectivity index (χ2n) is 3.70. The van der Waals surface area contributed by atoms with E-state index in [0.29, 0.717) is 16.3 Å². The van der Waals surface area contributed by atoms with E-state index in [2.05, 4.69) is 4.98 Å². The predicted molar refractivity (Wildman–Crippen MR) is 68.7 cm³/mol. The molecule has 0 saturated carbocycles. The van der Waals surface area contributed by atoms with E-state index in [9.17, 15) is 9.18 Å². The molecule has 0 aliphatic rings. The number of Topliss-reactive ketones (excluding diaryl/α,β-unsaturated/α-hetero) is 1. The third kappa shape index (κ3) is 3.06. The first-order chi connectivity index (χ1) is 8.56. The van der Waals surface area contributed by atoms with Crippen LogP contribution in [0.25, 0.3) is 0 Å². The molecular formula is C13H8Cl2FNO. The second kappa shape index (κ2) is 5.46. The summed E-state index contributed by atoms with van der Waals surface area (Å²) in [5, 5.41) is 0.698. The Kier molecular flexibility index (Phi) is 3.94. The van der Waals surface area contributed by atoms with E-state index in [0.717, 1.165) is 0 Å². The first kappa shape index (κ1) is 13.0. The molecule has 0 radical (unpaired) electrons. The highest BCUT2D eigenvalue weighted by molar-refractivity contribution is 6.31. The number of halogens is 3. The van der Waals surface area contributed by atoms with E-state index >= 15 is 0 Å². The van der Waals surface area contributed by atoms with Crippen LogP contribution >= 0.6 is 23.2 Å². The van der Waals surface area contributed by atoms with E-state index < -0.39 is 5.82 Å². The van der Waals surface area contributed by atoms with Crippen molar-refractivity contribution >= 4 is 29.0 Å². The van der Waals surface area contributed by atoms with Gasteiger partial charge in [0.1, 0.15) is 11.5 Å². The molecule has 0 saturated heterocycles. The minimum absolute atomic E-state index is 0.0771. The number of hydrogen-bond donors (Lipinski definition) is 0. The first-order valence-corrected chi connectivity index (χ1v) is 5.90. The molecule has 1 aromatic carbocycles. The molecule has 18 heavy (non-hydrogen) atoms. The van der Waals surface area contributed by atoms with E-state index in [1.54, 1.807) is 12.1 Å². The molecule has 5 heteroatoms. The Balaban J connectivity index is 2.18. The van der Waals surface area contributed by atoms with Crippen molar-refractivity contribution in [3.05, 3.63) is 63.6 Å². The maximum absolute atomic E-state index is 12.9. The van der Waals surface area contributed by atoms with Crippen LogP contribution in [0.3, 0.4) is 0 Å². The molecule has 0 aliphatic heterocycles. The molecular weight excluding hydrogens is 276 g/mol. The van der Waals surface area contributed by atoms with Gasteiger partial charge in [0, 0.05) is 17.6 Å². The lowest BCUT2D eigenvalue weighted by molar-refractivity contribution is 0.0988. The fraction of sp³-hybridized carbons (Fsp3) is 0.0769. The molecule has 0 spiro atoms. The van der Waals surface area contributed by atoms with Crippen LogP contribution in [0.2, 0.25) is 10.0 Å². The predicted octanol–water partition coefficient (Wildman–Crippen LogP) is 3.95. The van der Waals surface area contributed by atoms with Crippen LogP contribution in [0, 0.1) is 5.82 Å². The molecule has 92 valence electrons. The van der Waals surface area contributed by atoms with Gasteiger partial charge >= 0.3 is 0 Å². The van der Waals surface area contributed by atoms with Crippen molar-refractivity contribution in [3.8, 4) is 0 Å². The van der Waals surface area contributed by atoms with Crippen LogP contribution in [0.15, 0.2) is 36.5 Å². The molecule has 1 aromatic heterocycles. The van der Waals surface area contributed by atoms with E-state index in [4.69, 9.17) is 23.2 Å². The molecule has 2 aromatic rings. The van der Waals surface area contributed by atoms with Gasteiger partial charge in [-0.1, -0.05) is 29.3 Å². The normalized spacial score (nSPS) is 10.4. The van der Waals surface area contributed by atoms with Gasteiger partial charge in [-0.25, -0.2) is 4.39 Å². The molecule has 0 atom stereocenters. The fourth-order valence-electron chi connectivity index (χ4n) is 1.47. The molecule has 0 fully saturated rings. The number of ketones is 1. The number of nitrogens with zero attached hydrogens (tertiary/aromatic N) is 1. The van der Waals surface area contributed by atoms with E-state index in [-0.39, 0.29) is 17.2 Å².